The molecule has 0 radical (unpaired) electrons. The molecule has 0 saturated heterocycles. The molecule has 0 bridgehead atoms. The smallest absolute Gasteiger partial charge is 0.249 e. The molecule has 2 amide bonds. The van der Waals surface area contributed by atoms with Crippen molar-refractivity contribution in [3.63, 3.8) is 0 Å². The van der Waals surface area contributed by atoms with Gasteiger partial charge in [-0.25, -0.2) is 4.39 Å². The van der Waals surface area contributed by atoms with Gasteiger partial charge < -0.3 is 20.1 Å². The van der Waals surface area contributed by atoms with Crippen molar-refractivity contribution in [2.45, 2.75) is 19.1 Å². The lowest BCUT2D eigenvalue weighted by Crippen LogP contribution is -2.47. The van der Waals surface area contributed by atoms with Crippen LogP contribution < -0.4 is 15.4 Å². The number of carbonyl (C=O) groups is 2. The molecule has 0 aliphatic heterocycles. The molecule has 1 atom stereocenters. The quantitative estimate of drug-likeness (QED) is 0.299. The van der Waals surface area contributed by atoms with Gasteiger partial charge in [0.2, 0.25) is 18.4 Å². The maximum atomic E-state index is 13.0. The fourth-order valence-corrected chi connectivity index (χ4v) is 2.99. The molecule has 9 nitrogen and oxygen atoms in total. The summed E-state index contributed by atoms with van der Waals surface area (Å²) >= 11 is 0. The second-order valence-electron chi connectivity index (χ2n) is 7.50. The van der Waals surface area contributed by atoms with Crippen molar-refractivity contribution in [1.82, 2.24) is 5.32 Å². The number of amides is 2. The minimum absolute atomic E-state index is 0.128. The summed E-state index contributed by atoms with van der Waals surface area (Å²) in [6.45, 7) is -0.442. The van der Waals surface area contributed by atoms with Gasteiger partial charge in [-0.1, -0.05) is 30.3 Å². The Morgan fingerprint density at radius 2 is 1.57 bits per heavy atom. The summed E-state index contributed by atoms with van der Waals surface area (Å²) in [7, 11) is 0. The number of hydrogen-bond donors (Lipinski definition) is 2. The van der Waals surface area contributed by atoms with Crippen LogP contribution in [0.5, 0.6) is 11.5 Å². The number of carbonyl (C=O) groups excluding carboxylic acids is 2. The van der Waals surface area contributed by atoms with Crippen LogP contribution in [0.25, 0.3) is 0 Å². The van der Waals surface area contributed by atoms with Gasteiger partial charge in [0, 0.05) is 10.6 Å². The summed E-state index contributed by atoms with van der Waals surface area (Å²) in [5.74, 6) is -0.613. The van der Waals surface area contributed by atoms with E-state index in [1.807, 2.05) is 30.3 Å². The van der Waals surface area contributed by atoms with E-state index in [1.165, 1.54) is 24.3 Å². The Hall–Kier alpha value is -4.31. The molecule has 10 heteroatoms. The van der Waals surface area contributed by atoms with E-state index in [-0.39, 0.29) is 25.5 Å². The maximum absolute atomic E-state index is 13.0. The van der Waals surface area contributed by atoms with Crippen molar-refractivity contribution >= 4 is 17.5 Å². The first-order valence-electron chi connectivity index (χ1n) is 10.8. The average molecular weight is 481 g/mol. The summed E-state index contributed by atoms with van der Waals surface area (Å²) in [4.78, 5) is 34.9. The van der Waals surface area contributed by atoms with Gasteiger partial charge in [0.25, 0.3) is 0 Å². The lowest BCUT2D eigenvalue weighted by molar-refractivity contribution is -0.478. The van der Waals surface area contributed by atoms with E-state index < -0.39 is 29.3 Å². The minimum Gasteiger partial charge on any atom is -0.457 e. The van der Waals surface area contributed by atoms with Crippen LogP contribution >= 0.6 is 0 Å². The van der Waals surface area contributed by atoms with Gasteiger partial charge in [-0.15, -0.1) is 0 Å². The largest absolute Gasteiger partial charge is 0.457 e. The van der Waals surface area contributed by atoms with E-state index in [4.69, 9.17) is 9.47 Å². The average Bonchev–Trinajstić information content (AvgIpc) is 2.85. The molecule has 35 heavy (non-hydrogen) atoms. The Morgan fingerprint density at radius 3 is 2.20 bits per heavy atom. The Morgan fingerprint density at radius 1 is 0.943 bits per heavy atom. The molecular weight excluding hydrogens is 457 g/mol. The van der Waals surface area contributed by atoms with Crippen LogP contribution in [0.3, 0.4) is 0 Å². The predicted molar refractivity (Wildman–Crippen MR) is 126 cm³/mol. The highest BCUT2D eigenvalue weighted by molar-refractivity contribution is 5.97. The Balaban J connectivity index is 1.59. The van der Waals surface area contributed by atoms with E-state index in [1.54, 1.807) is 24.3 Å². The number of nitrogens with one attached hydrogen (secondary N) is 2. The number of nitro groups is 1. The van der Waals surface area contributed by atoms with Crippen LogP contribution in [0.4, 0.5) is 10.1 Å². The highest BCUT2D eigenvalue weighted by Crippen LogP contribution is 2.23. The molecule has 0 aliphatic rings. The molecule has 3 aromatic carbocycles. The van der Waals surface area contributed by atoms with Crippen molar-refractivity contribution in [3.05, 3.63) is 100 Å². The molecule has 0 heterocycles. The highest BCUT2D eigenvalue weighted by atomic mass is 19.1. The van der Waals surface area contributed by atoms with Crippen molar-refractivity contribution < 1.29 is 28.4 Å². The van der Waals surface area contributed by atoms with Gasteiger partial charge in [-0.3, -0.25) is 19.7 Å². The molecule has 0 aromatic heterocycles. The van der Waals surface area contributed by atoms with E-state index in [0.29, 0.717) is 17.2 Å². The topological polar surface area (TPSA) is 120 Å². The second-order valence-corrected chi connectivity index (χ2v) is 7.50. The zero-order valence-corrected chi connectivity index (χ0v) is 18.7. The molecule has 0 spiro atoms. The Labute approximate surface area is 201 Å². The highest BCUT2D eigenvalue weighted by Gasteiger charge is 2.22. The molecule has 3 aromatic rings. The summed E-state index contributed by atoms with van der Waals surface area (Å²) in [5, 5.41) is 15.7. The number of hydrogen-bond acceptors (Lipinski definition) is 6. The summed E-state index contributed by atoms with van der Waals surface area (Å²) in [6.07, 6.45) is -0.356. The third kappa shape index (κ3) is 8.86. The number of anilines is 1. The van der Waals surface area contributed by atoms with Gasteiger partial charge >= 0.3 is 0 Å². The van der Waals surface area contributed by atoms with E-state index in [9.17, 15) is 24.1 Å². The van der Waals surface area contributed by atoms with Crippen molar-refractivity contribution in [2.24, 2.45) is 0 Å². The fourth-order valence-electron chi connectivity index (χ4n) is 2.99. The molecule has 0 aliphatic carbocycles. The number of halogens is 1. The molecular formula is C25H24FN3O6. The van der Waals surface area contributed by atoms with Crippen LogP contribution in [0.15, 0.2) is 78.9 Å². The third-order valence-corrected chi connectivity index (χ3v) is 4.74. The third-order valence-electron chi connectivity index (χ3n) is 4.74. The normalized spacial score (nSPS) is 11.3. The fraction of sp³-hybridized carbons (Fsp3) is 0.200. The first-order chi connectivity index (χ1) is 16.9. The van der Waals surface area contributed by atoms with Crippen molar-refractivity contribution in [1.29, 1.82) is 0 Å². The minimum atomic E-state index is -1.06. The van der Waals surface area contributed by atoms with Gasteiger partial charge in [0.1, 0.15) is 23.4 Å². The lowest BCUT2D eigenvalue weighted by atomic mass is 10.2. The van der Waals surface area contributed by atoms with Crippen LogP contribution in [0.1, 0.15) is 12.0 Å². The SMILES string of the molecule is O=C(CC[N+](=O)[O-])NC(COCc1ccccc1)C(=O)Nc1ccc(Oc2ccc(F)cc2)cc1. The van der Waals surface area contributed by atoms with Gasteiger partial charge in [-0.05, 0) is 54.1 Å². The van der Waals surface area contributed by atoms with E-state index in [0.717, 1.165) is 5.56 Å². The van der Waals surface area contributed by atoms with Crippen LogP contribution in [0.2, 0.25) is 0 Å². The van der Waals surface area contributed by atoms with Crippen LogP contribution in [0, 0.1) is 15.9 Å². The van der Waals surface area contributed by atoms with Gasteiger partial charge in [-0.2, -0.15) is 0 Å². The molecule has 2 N–H and O–H groups in total. The van der Waals surface area contributed by atoms with Gasteiger partial charge in [0.15, 0.2) is 0 Å². The van der Waals surface area contributed by atoms with Crippen molar-refractivity contribution in [2.75, 3.05) is 18.5 Å². The monoisotopic (exact) mass is 481 g/mol. The second kappa shape index (κ2) is 12.8. The van der Waals surface area contributed by atoms with E-state index >= 15 is 0 Å². The Bertz CT molecular complexity index is 1120. The molecule has 182 valence electrons. The number of nitrogens with zero attached hydrogens (tertiary/aromatic N) is 1. The molecule has 3 rings (SSSR count). The molecule has 0 saturated carbocycles. The number of ether oxygens (including phenoxy) is 2. The summed E-state index contributed by atoms with van der Waals surface area (Å²) < 4.78 is 24.3. The molecule has 0 fully saturated rings. The predicted octanol–water partition coefficient (Wildman–Crippen LogP) is 3.92. The standard InChI is InChI=1S/C25H24FN3O6/c26-19-6-10-21(11-7-19)35-22-12-8-20(9-13-22)27-25(31)23(28-24(30)14-15-29(32)33)17-34-16-18-4-2-1-3-5-18/h1-13,23H,14-17H2,(H,27,31)(H,28,30). The first kappa shape index (κ1) is 25.3. The maximum Gasteiger partial charge on any atom is 0.249 e. The van der Waals surface area contributed by atoms with Crippen LogP contribution in [-0.4, -0.2) is 35.9 Å². The number of rotatable bonds is 12. The zero-order valence-electron chi connectivity index (χ0n) is 18.7. The lowest BCUT2D eigenvalue weighted by Gasteiger charge is -2.18. The first-order valence-corrected chi connectivity index (χ1v) is 10.8. The van der Waals surface area contributed by atoms with Gasteiger partial charge in [0.05, 0.1) is 19.6 Å². The molecule has 1 unspecified atom stereocenters. The summed E-state index contributed by atoms with van der Waals surface area (Å²) in [6, 6.07) is 20.2. The summed E-state index contributed by atoms with van der Waals surface area (Å²) in [5.41, 5.74) is 1.33. The zero-order chi connectivity index (χ0) is 25.0. The Kier molecular flexibility index (Phi) is 9.26. The van der Waals surface area contributed by atoms with E-state index in [2.05, 4.69) is 10.6 Å². The van der Waals surface area contributed by atoms with Crippen molar-refractivity contribution in [3.8, 4) is 11.5 Å². The van der Waals surface area contributed by atoms with Crippen LogP contribution in [-0.2, 0) is 20.9 Å². The number of benzene rings is 3.